The predicted molar refractivity (Wildman–Crippen MR) is 64.0 cm³/mol. The second-order valence-electron chi connectivity index (χ2n) is 3.90. The summed E-state index contributed by atoms with van der Waals surface area (Å²) in [6.45, 7) is 1.90. The van der Waals surface area contributed by atoms with E-state index in [9.17, 15) is 0 Å². The number of rotatable bonds is 3. The number of nitrogen functional groups attached to an aromatic ring is 1. The Kier molecular flexibility index (Phi) is 2.90. The lowest BCUT2D eigenvalue weighted by atomic mass is 10.1. The summed E-state index contributed by atoms with van der Waals surface area (Å²) in [5.41, 5.74) is 7.90. The van der Waals surface area contributed by atoms with Crippen LogP contribution >= 0.6 is 0 Å². The molecule has 0 aliphatic heterocycles. The van der Waals surface area contributed by atoms with Gasteiger partial charge in [0.25, 0.3) is 0 Å². The molecule has 0 radical (unpaired) electrons. The maximum absolute atomic E-state index is 5.89. The van der Waals surface area contributed by atoms with Gasteiger partial charge in [-0.3, -0.25) is 4.68 Å². The number of nitrogens with two attached hydrogens (primary N) is 1. The van der Waals surface area contributed by atoms with Crippen LogP contribution in [0.1, 0.15) is 17.2 Å². The molecular formula is C12H16N4. The molecule has 0 saturated heterocycles. The molecule has 4 nitrogen and oxygen atoms in total. The Bertz CT molecular complexity index is 488. The van der Waals surface area contributed by atoms with Crippen molar-refractivity contribution in [3.8, 4) is 0 Å². The van der Waals surface area contributed by atoms with Crippen LogP contribution in [0.2, 0.25) is 0 Å². The smallest absolute Gasteiger partial charge is 0.147 e. The minimum atomic E-state index is 0.818. The third-order valence-corrected chi connectivity index (χ3v) is 2.63. The van der Waals surface area contributed by atoms with Crippen LogP contribution in [0.4, 0.5) is 5.69 Å². The number of hydrogen-bond acceptors (Lipinski definition) is 3. The molecule has 0 aliphatic rings. The highest BCUT2D eigenvalue weighted by atomic mass is 15.3. The third kappa shape index (κ3) is 2.21. The van der Waals surface area contributed by atoms with Crippen LogP contribution in [0, 0.1) is 6.92 Å². The summed E-state index contributed by atoms with van der Waals surface area (Å²) in [4.78, 5) is 4.37. The molecule has 1 aromatic carbocycles. The van der Waals surface area contributed by atoms with Crippen LogP contribution in [0.25, 0.3) is 0 Å². The summed E-state index contributed by atoms with van der Waals surface area (Å²) in [6.07, 6.45) is 1.77. The van der Waals surface area contributed by atoms with Gasteiger partial charge < -0.3 is 5.73 Å². The van der Waals surface area contributed by atoms with Gasteiger partial charge >= 0.3 is 0 Å². The van der Waals surface area contributed by atoms with Crippen molar-refractivity contribution in [2.45, 2.75) is 19.8 Å². The molecule has 16 heavy (non-hydrogen) atoms. The van der Waals surface area contributed by atoms with Gasteiger partial charge in [-0.1, -0.05) is 18.2 Å². The fourth-order valence-electron chi connectivity index (χ4n) is 1.78. The van der Waals surface area contributed by atoms with Gasteiger partial charge in [0.15, 0.2) is 0 Å². The number of para-hydroxylation sites is 1. The first kappa shape index (κ1) is 10.7. The third-order valence-electron chi connectivity index (χ3n) is 2.63. The normalized spacial score (nSPS) is 10.6. The fraction of sp³-hybridized carbons (Fsp3) is 0.333. The second-order valence-corrected chi connectivity index (χ2v) is 3.90. The molecule has 0 unspecified atom stereocenters. The maximum atomic E-state index is 5.89. The monoisotopic (exact) mass is 216 g/mol. The van der Waals surface area contributed by atoms with Gasteiger partial charge in [0, 0.05) is 19.2 Å². The first-order valence-electron chi connectivity index (χ1n) is 5.36. The van der Waals surface area contributed by atoms with E-state index >= 15 is 0 Å². The average Bonchev–Trinajstić information content (AvgIpc) is 2.56. The SMILES string of the molecule is Cc1nc(CCc2ccccc2N)n(C)n1. The van der Waals surface area contributed by atoms with E-state index < -0.39 is 0 Å². The zero-order valence-electron chi connectivity index (χ0n) is 9.64. The molecule has 2 rings (SSSR count). The van der Waals surface area contributed by atoms with Crippen molar-refractivity contribution >= 4 is 5.69 Å². The van der Waals surface area contributed by atoms with E-state index in [0.717, 1.165) is 30.2 Å². The molecule has 0 atom stereocenters. The van der Waals surface area contributed by atoms with E-state index in [2.05, 4.69) is 16.1 Å². The molecule has 2 aromatic rings. The fourth-order valence-corrected chi connectivity index (χ4v) is 1.78. The zero-order valence-corrected chi connectivity index (χ0v) is 9.64. The molecule has 2 N–H and O–H groups in total. The topological polar surface area (TPSA) is 56.7 Å². The van der Waals surface area contributed by atoms with E-state index in [-0.39, 0.29) is 0 Å². The molecule has 0 spiro atoms. The quantitative estimate of drug-likeness (QED) is 0.791. The van der Waals surface area contributed by atoms with Crippen molar-refractivity contribution in [3.63, 3.8) is 0 Å². The Morgan fingerprint density at radius 1 is 1.25 bits per heavy atom. The van der Waals surface area contributed by atoms with Gasteiger partial charge in [-0.25, -0.2) is 4.98 Å². The van der Waals surface area contributed by atoms with Crippen LogP contribution < -0.4 is 5.73 Å². The molecule has 4 heteroatoms. The summed E-state index contributed by atoms with van der Waals surface area (Å²) in [5, 5.41) is 4.22. The predicted octanol–water partition coefficient (Wildman–Crippen LogP) is 1.49. The van der Waals surface area contributed by atoms with Gasteiger partial charge in [0.1, 0.15) is 11.6 Å². The Hall–Kier alpha value is -1.84. The van der Waals surface area contributed by atoms with E-state index in [1.54, 1.807) is 0 Å². The van der Waals surface area contributed by atoms with E-state index in [0.29, 0.717) is 0 Å². The minimum absolute atomic E-state index is 0.818. The molecule has 0 aliphatic carbocycles. The Morgan fingerprint density at radius 2 is 2.00 bits per heavy atom. The first-order chi connectivity index (χ1) is 7.66. The number of aromatic nitrogens is 3. The summed E-state index contributed by atoms with van der Waals surface area (Å²) in [6, 6.07) is 7.94. The average molecular weight is 216 g/mol. The second kappa shape index (κ2) is 4.35. The number of aryl methyl sites for hydroxylation is 4. The molecule has 0 bridgehead atoms. The highest BCUT2D eigenvalue weighted by Crippen LogP contribution is 2.13. The van der Waals surface area contributed by atoms with Crippen molar-refractivity contribution < 1.29 is 0 Å². The lowest BCUT2D eigenvalue weighted by molar-refractivity contribution is 0.690. The van der Waals surface area contributed by atoms with Crippen molar-refractivity contribution in [3.05, 3.63) is 41.5 Å². The molecule has 0 saturated carbocycles. The molecule has 1 heterocycles. The van der Waals surface area contributed by atoms with E-state index in [1.807, 2.05) is 36.9 Å². The van der Waals surface area contributed by atoms with Crippen molar-refractivity contribution in [1.29, 1.82) is 0 Å². The highest BCUT2D eigenvalue weighted by molar-refractivity contribution is 5.46. The Labute approximate surface area is 95.1 Å². The van der Waals surface area contributed by atoms with E-state index in [1.165, 1.54) is 5.56 Å². The summed E-state index contributed by atoms with van der Waals surface area (Å²) in [7, 11) is 1.92. The van der Waals surface area contributed by atoms with Gasteiger partial charge in [-0.15, -0.1) is 0 Å². The van der Waals surface area contributed by atoms with E-state index in [4.69, 9.17) is 5.73 Å². The Morgan fingerprint density at radius 3 is 2.62 bits per heavy atom. The molecular weight excluding hydrogens is 200 g/mol. The first-order valence-corrected chi connectivity index (χ1v) is 5.36. The summed E-state index contributed by atoms with van der Waals surface area (Å²) >= 11 is 0. The Balaban J connectivity index is 2.08. The minimum Gasteiger partial charge on any atom is -0.399 e. The lowest BCUT2D eigenvalue weighted by Gasteiger charge is -2.04. The number of benzene rings is 1. The van der Waals surface area contributed by atoms with Crippen LogP contribution in [0.5, 0.6) is 0 Å². The number of hydrogen-bond donors (Lipinski definition) is 1. The number of nitrogens with zero attached hydrogens (tertiary/aromatic N) is 3. The van der Waals surface area contributed by atoms with Gasteiger partial charge in [-0.05, 0) is 25.0 Å². The number of anilines is 1. The van der Waals surface area contributed by atoms with Crippen molar-refractivity contribution in [2.75, 3.05) is 5.73 Å². The van der Waals surface area contributed by atoms with Crippen LogP contribution in [-0.2, 0) is 19.9 Å². The standard InChI is InChI=1S/C12H16N4/c1-9-14-12(16(2)15-9)8-7-10-5-3-4-6-11(10)13/h3-6H,7-8,13H2,1-2H3. The lowest BCUT2D eigenvalue weighted by Crippen LogP contribution is -2.03. The van der Waals surface area contributed by atoms with Crippen LogP contribution in [-0.4, -0.2) is 14.8 Å². The van der Waals surface area contributed by atoms with Gasteiger partial charge in [0.05, 0.1) is 0 Å². The highest BCUT2D eigenvalue weighted by Gasteiger charge is 2.05. The van der Waals surface area contributed by atoms with Crippen molar-refractivity contribution in [2.24, 2.45) is 7.05 Å². The largest absolute Gasteiger partial charge is 0.399 e. The van der Waals surface area contributed by atoms with Crippen LogP contribution in [0.15, 0.2) is 24.3 Å². The maximum Gasteiger partial charge on any atom is 0.147 e. The summed E-state index contributed by atoms with van der Waals surface area (Å²) in [5.74, 6) is 1.82. The van der Waals surface area contributed by atoms with Crippen LogP contribution in [0.3, 0.4) is 0 Å². The zero-order chi connectivity index (χ0) is 11.5. The molecule has 0 amide bonds. The van der Waals surface area contributed by atoms with Gasteiger partial charge in [-0.2, -0.15) is 5.10 Å². The molecule has 0 fully saturated rings. The van der Waals surface area contributed by atoms with Crippen molar-refractivity contribution in [1.82, 2.24) is 14.8 Å². The van der Waals surface area contributed by atoms with Gasteiger partial charge in [0.2, 0.25) is 0 Å². The molecule has 84 valence electrons. The molecule has 1 aromatic heterocycles. The summed E-state index contributed by atoms with van der Waals surface area (Å²) < 4.78 is 1.83.